The van der Waals surface area contributed by atoms with Crippen LogP contribution in [0.5, 0.6) is 0 Å². The van der Waals surface area contributed by atoms with Gasteiger partial charge in [-0.25, -0.2) is 4.39 Å². The predicted octanol–water partition coefficient (Wildman–Crippen LogP) is 6.29. The molecule has 1 aliphatic rings. The van der Waals surface area contributed by atoms with Crippen molar-refractivity contribution in [2.24, 2.45) is 5.92 Å². The Balaban J connectivity index is 1.79. The molecule has 0 amide bonds. The van der Waals surface area contributed by atoms with Crippen molar-refractivity contribution in [3.63, 3.8) is 0 Å². The summed E-state index contributed by atoms with van der Waals surface area (Å²) in [5.41, 5.74) is 2.73. The quantitative estimate of drug-likeness (QED) is 0.466. The second-order valence-electron chi connectivity index (χ2n) is 7.15. The molecule has 0 heterocycles. The Morgan fingerprint density at radius 1 is 1.20 bits per heavy atom. The lowest BCUT2D eigenvalue weighted by Crippen LogP contribution is -2.14. The smallest absolute Gasteiger partial charge is 0.123 e. The van der Waals surface area contributed by atoms with Crippen LogP contribution in [0.1, 0.15) is 57.4 Å². The van der Waals surface area contributed by atoms with Crippen molar-refractivity contribution >= 4 is 0 Å². The molecule has 1 N–H and O–H groups in total. The molecule has 1 saturated carbocycles. The minimum Gasteiger partial charge on any atom is -0.392 e. The molecule has 2 heteroatoms. The summed E-state index contributed by atoms with van der Waals surface area (Å²) in [5.74, 6) is 0.345. The number of hydrogen-bond acceptors (Lipinski definition) is 1. The van der Waals surface area contributed by atoms with E-state index in [0.717, 1.165) is 37.8 Å². The third-order valence-electron chi connectivity index (χ3n) is 5.42. The molecule has 0 saturated heterocycles. The molecule has 1 atom stereocenters. The predicted molar refractivity (Wildman–Crippen MR) is 106 cm³/mol. The van der Waals surface area contributed by atoms with E-state index in [1.807, 2.05) is 19.2 Å². The Bertz CT molecular complexity index is 593. The summed E-state index contributed by atoms with van der Waals surface area (Å²) >= 11 is 0. The summed E-state index contributed by atoms with van der Waals surface area (Å²) in [6.07, 6.45) is 16.9. The van der Waals surface area contributed by atoms with Crippen molar-refractivity contribution in [1.82, 2.24) is 5.32 Å². The average molecular weight is 342 g/mol. The number of hydrogen-bond donors (Lipinski definition) is 1. The summed E-state index contributed by atoms with van der Waals surface area (Å²) in [7, 11) is 1.95. The standard InChI is InChI=1S/C23H32FN/c1-4-5-7-10-20(19(2)25-3)11-8-6-9-16-23(17-18-23)21-12-14-22(24)15-13-21/h4-6,8,12-15,20,25H,2,7,9-11,16-18H2,1,3H3/b5-4+,8-6-. The van der Waals surface area contributed by atoms with Gasteiger partial charge < -0.3 is 5.32 Å². The van der Waals surface area contributed by atoms with Gasteiger partial charge in [0.25, 0.3) is 0 Å². The maximum absolute atomic E-state index is 13.1. The van der Waals surface area contributed by atoms with Crippen LogP contribution in [0.2, 0.25) is 0 Å². The summed E-state index contributed by atoms with van der Waals surface area (Å²) in [6.45, 7) is 6.21. The molecule has 136 valence electrons. The maximum Gasteiger partial charge on any atom is 0.123 e. The van der Waals surface area contributed by atoms with Crippen molar-refractivity contribution in [2.45, 2.75) is 57.3 Å². The monoisotopic (exact) mass is 341 g/mol. The van der Waals surface area contributed by atoms with Crippen molar-refractivity contribution < 1.29 is 4.39 Å². The molecule has 0 radical (unpaired) electrons. The van der Waals surface area contributed by atoms with Crippen LogP contribution in [0.25, 0.3) is 0 Å². The summed E-state index contributed by atoms with van der Waals surface area (Å²) in [4.78, 5) is 0. The number of nitrogens with one attached hydrogen (secondary N) is 1. The lowest BCUT2D eigenvalue weighted by molar-refractivity contribution is 0.544. The molecule has 1 aromatic rings. The molecule has 0 bridgehead atoms. The van der Waals surface area contributed by atoms with Crippen LogP contribution in [-0.2, 0) is 5.41 Å². The lowest BCUT2D eigenvalue weighted by atomic mass is 9.90. The Hall–Kier alpha value is -1.83. The molecule has 1 unspecified atom stereocenters. The van der Waals surface area contributed by atoms with Crippen molar-refractivity contribution in [3.05, 3.63) is 72.2 Å². The van der Waals surface area contributed by atoms with Crippen LogP contribution in [0.4, 0.5) is 4.39 Å². The third-order valence-corrected chi connectivity index (χ3v) is 5.42. The Labute approximate surface area is 152 Å². The highest BCUT2D eigenvalue weighted by molar-refractivity contribution is 5.31. The first-order valence-corrected chi connectivity index (χ1v) is 9.50. The molecule has 0 aromatic heterocycles. The number of benzene rings is 1. The van der Waals surface area contributed by atoms with E-state index in [1.54, 1.807) is 12.1 Å². The molecule has 1 aliphatic carbocycles. The number of halogens is 1. The minimum absolute atomic E-state index is 0.145. The van der Waals surface area contributed by atoms with Gasteiger partial charge in [0, 0.05) is 18.7 Å². The van der Waals surface area contributed by atoms with Crippen LogP contribution < -0.4 is 5.32 Å². The number of allylic oxidation sites excluding steroid dienone is 5. The third kappa shape index (κ3) is 5.88. The molecule has 1 fully saturated rings. The fraction of sp³-hybridized carbons (Fsp3) is 0.478. The van der Waals surface area contributed by atoms with E-state index in [2.05, 4.69) is 43.1 Å². The average Bonchev–Trinajstić information content (AvgIpc) is 3.41. The lowest BCUT2D eigenvalue weighted by Gasteiger charge is -2.17. The largest absolute Gasteiger partial charge is 0.392 e. The Morgan fingerprint density at radius 3 is 2.52 bits per heavy atom. The van der Waals surface area contributed by atoms with E-state index in [0.29, 0.717) is 11.3 Å². The van der Waals surface area contributed by atoms with E-state index in [9.17, 15) is 4.39 Å². The van der Waals surface area contributed by atoms with Gasteiger partial charge in [-0.2, -0.15) is 0 Å². The minimum atomic E-state index is -0.145. The zero-order valence-electron chi connectivity index (χ0n) is 15.7. The van der Waals surface area contributed by atoms with Gasteiger partial charge in [0.15, 0.2) is 0 Å². The van der Waals surface area contributed by atoms with Gasteiger partial charge >= 0.3 is 0 Å². The fourth-order valence-corrected chi connectivity index (χ4v) is 3.48. The van der Waals surface area contributed by atoms with Crippen LogP contribution in [0, 0.1) is 11.7 Å². The zero-order chi connectivity index (χ0) is 18.1. The van der Waals surface area contributed by atoms with E-state index >= 15 is 0 Å². The second-order valence-corrected chi connectivity index (χ2v) is 7.15. The van der Waals surface area contributed by atoms with E-state index in [1.165, 1.54) is 18.4 Å². The zero-order valence-corrected chi connectivity index (χ0v) is 15.7. The highest BCUT2D eigenvalue weighted by atomic mass is 19.1. The highest BCUT2D eigenvalue weighted by Crippen LogP contribution is 2.51. The van der Waals surface area contributed by atoms with Gasteiger partial charge in [-0.15, -0.1) is 0 Å². The molecule has 0 aliphatic heterocycles. The first-order chi connectivity index (χ1) is 12.1. The van der Waals surface area contributed by atoms with E-state index in [4.69, 9.17) is 0 Å². The summed E-state index contributed by atoms with van der Waals surface area (Å²) in [6, 6.07) is 7.09. The first-order valence-electron chi connectivity index (χ1n) is 9.50. The van der Waals surface area contributed by atoms with Crippen molar-refractivity contribution in [3.8, 4) is 0 Å². The van der Waals surface area contributed by atoms with Gasteiger partial charge in [-0.3, -0.25) is 0 Å². The number of rotatable bonds is 11. The fourth-order valence-electron chi connectivity index (χ4n) is 3.48. The normalized spacial score (nSPS) is 17.1. The Kier molecular flexibility index (Phi) is 7.49. The van der Waals surface area contributed by atoms with Crippen molar-refractivity contribution in [1.29, 1.82) is 0 Å². The second kappa shape index (κ2) is 9.60. The first kappa shape index (κ1) is 19.5. The van der Waals surface area contributed by atoms with Gasteiger partial charge in [-0.1, -0.05) is 43.0 Å². The maximum atomic E-state index is 13.1. The SMILES string of the molecule is C=C(NC)C(C/C=C\CCC1(c2ccc(F)cc2)CC1)CC/C=C/C. The van der Waals surface area contributed by atoms with Crippen LogP contribution in [-0.4, -0.2) is 7.05 Å². The van der Waals surface area contributed by atoms with Crippen LogP contribution in [0.15, 0.2) is 60.8 Å². The van der Waals surface area contributed by atoms with Gasteiger partial charge in [0.1, 0.15) is 5.82 Å². The molecule has 2 rings (SSSR count). The molecular weight excluding hydrogens is 309 g/mol. The molecule has 25 heavy (non-hydrogen) atoms. The summed E-state index contributed by atoms with van der Waals surface area (Å²) < 4.78 is 13.1. The van der Waals surface area contributed by atoms with Gasteiger partial charge in [-0.05, 0) is 75.0 Å². The molecular formula is C23H32FN. The Morgan fingerprint density at radius 2 is 1.92 bits per heavy atom. The van der Waals surface area contributed by atoms with Crippen LogP contribution in [0.3, 0.4) is 0 Å². The molecule has 0 spiro atoms. The van der Waals surface area contributed by atoms with Crippen LogP contribution >= 0.6 is 0 Å². The topological polar surface area (TPSA) is 12.0 Å². The van der Waals surface area contributed by atoms with Gasteiger partial charge in [0.2, 0.25) is 0 Å². The highest BCUT2D eigenvalue weighted by Gasteiger charge is 2.43. The molecule has 1 nitrogen and oxygen atoms in total. The summed E-state index contributed by atoms with van der Waals surface area (Å²) in [5, 5.41) is 3.21. The van der Waals surface area contributed by atoms with E-state index in [-0.39, 0.29) is 5.82 Å². The van der Waals surface area contributed by atoms with E-state index < -0.39 is 0 Å². The molecule has 1 aromatic carbocycles. The van der Waals surface area contributed by atoms with Crippen molar-refractivity contribution in [2.75, 3.05) is 7.05 Å². The van der Waals surface area contributed by atoms with Gasteiger partial charge in [0.05, 0.1) is 0 Å².